The molecule has 0 aliphatic carbocycles. The van der Waals surface area contributed by atoms with Crippen LogP contribution in [0.5, 0.6) is 5.75 Å². The summed E-state index contributed by atoms with van der Waals surface area (Å²) in [6.45, 7) is 7.59. The third-order valence-corrected chi connectivity index (χ3v) is 2.90. The number of hydrogen-bond acceptors (Lipinski definition) is 4. The van der Waals surface area contributed by atoms with E-state index in [1.807, 2.05) is 45.0 Å². The van der Waals surface area contributed by atoms with Gasteiger partial charge >= 0.3 is 0 Å². The molecule has 0 radical (unpaired) electrons. The molecule has 1 atom stereocenters. The van der Waals surface area contributed by atoms with Gasteiger partial charge in [-0.2, -0.15) is 0 Å². The SMILES string of the molecule is Cc1nc(C(=O)NC(C)c2ccccc2OC(C)C)n[nH]1. The van der Waals surface area contributed by atoms with Crippen LogP contribution >= 0.6 is 0 Å². The summed E-state index contributed by atoms with van der Waals surface area (Å²) in [6, 6.07) is 7.46. The lowest BCUT2D eigenvalue weighted by molar-refractivity contribution is 0.0929. The summed E-state index contributed by atoms with van der Waals surface area (Å²) in [5.41, 5.74) is 0.923. The van der Waals surface area contributed by atoms with Crippen molar-refractivity contribution in [3.63, 3.8) is 0 Å². The number of H-pyrrole nitrogens is 1. The molecule has 6 heteroatoms. The Labute approximate surface area is 123 Å². The zero-order valence-electron chi connectivity index (χ0n) is 12.7. The summed E-state index contributed by atoms with van der Waals surface area (Å²) < 4.78 is 5.77. The van der Waals surface area contributed by atoms with Crippen LogP contribution in [0.3, 0.4) is 0 Å². The van der Waals surface area contributed by atoms with Crippen LogP contribution in [0.15, 0.2) is 24.3 Å². The summed E-state index contributed by atoms with van der Waals surface area (Å²) in [6.07, 6.45) is 0.0738. The van der Waals surface area contributed by atoms with E-state index in [1.54, 1.807) is 6.92 Å². The fourth-order valence-corrected chi connectivity index (χ4v) is 1.98. The van der Waals surface area contributed by atoms with Gasteiger partial charge in [-0.25, -0.2) is 4.98 Å². The second-order valence-electron chi connectivity index (χ2n) is 5.14. The quantitative estimate of drug-likeness (QED) is 0.885. The number of para-hydroxylation sites is 1. The van der Waals surface area contributed by atoms with Crippen LogP contribution in [0.2, 0.25) is 0 Å². The molecule has 2 N–H and O–H groups in total. The van der Waals surface area contributed by atoms with E-state index in [0.717, 1.165) is 11.3 Å². The summed E-state index contributed by atoms with van der Waals surface area (Å²) in [7, 11) is 0. The van der Waals surface area contributed by atoms with Crippen LogP contribution < -0.4 is 10.1 Å². The van der Waals surface area contributed by atoms with E-state index in [9.17, 15) is 4.79 Å². The van der Waals surface area contributed by atoms with Crippen LogP contribution in [-0.2, 0) is 0 Å². The van der Waals surface area contributed by atoms with Crippen LogP contribution in [0.1, 0.15) is 48.8 Å². The maximum Gasteiger partial charge on any atom is 0.291 e. The predicted molar refractivity (Wildman–Crippen MR) is 79.2 cm³/mol. The number of aryl methyl sites for hydroxylation is 1. The van der Waals surface area contributed by atoms with Gasteiger partial charge in [-0.1, -0.05) is 18.2 Å². The normalized spacial score (nSPS) is 12.2. The van der Waals surface area contributed by atoms with Crippen LogP contribution in [0.25, 0.3) is 0 Å². The topological polar surface area (TPSA) is 79.9 Å². The Bertz CT molecular complexity index is 622. The van der Waals surface area contributed by atoms with E-state index in [0.29, 0.717) is 5.82 Å². The number of nitrogens with one attached hydrogen (secondary N) is 2. The molecule has 0 fully saturated rings. The molecule has 2 rings (SSSR count). The smallest absolute Gasteiger partial charge is 0.291 e. The average molecular weight is 288 g/mol. The minimum Gasteiger partial charge on any atom is -0.491 e. The number of ether oxygens (including phenoxy) is 1. The first-order valence-electron chi connectivity index (χ1n) is 6.93. The number of aromatic amines is 1. The molecule has 112 valence electrons. The summed E-state index contributed by atoms with van der Waals surface area (Å²) >= 11 is 0. The molecule has 6 nitrogen and oxygen atoms in total. The van der Waals surface area contributed by atoms with E-state index < -0.39 is 0 Å². The largest absolute Gasteiger partial charge is 0.491 e. The molecule has 1 aromatic heterocycles. The van der Waals surface area contributed by atoms with Crippen molar-refractivity contribution >= 4 is 5.91 Å². The third-order valence-electron chi connectivity index (χ3n) is 2.90. The van der Waals surface area contributed by atoms with Crippen molar-refractivity contribution in [2.24, 2.45) is 0 Å². The molecule has 0 aliphatic rings. The lowest BCUT2D eigenvalue weighted by Gasteiger charge is -2.19. The average Bonchev–Trinajstić information content (AvgIpc) is 2.85. The first-order valence-corrected chi connectivity index (χ1v) is 6.93. The minimum atomic E-state index is -0.314. The molecule has 0 aliphatic heterocycles. The highest BCUT2D eigenvalue weighted by molar-refractivity contribution is 5.90. The van der Waals surface area contributed by atoms with Crippen molar-refractivity contribution in [3.8, 4) is 5.75 Å². The fourth-order valence-electron chi connectivity index (χ4n) is 1.98. The lowest BCUT2D eigenvalue weighted by Crippen LogP contribution is -2.28. The van der Waals surface area contributed by atoms with Gasteiger partial charge in [0.1, 0.15) is 11.6 Å². The van der Waals surface area contributed by atoms with E-state index in [-0.39, 0.29) is 23.9 Å². The van der Waals surface area contributed by atoms with Gasteiger partial charge in [0.2, 0.25) is 5.82 Å². The highest BCUT2D eigenvalue weighted by Gasteiger charge is 2.18. The van der Waals surface area contributed by atoms with Crippen molar-refractivity contribution in [1.29, 1.82) is 0 Å². The maximum absolute atomic E-state index is 12.1. The predicted octanol–water partition coefficient (Wildman–Crippen LogP) is 2.39. The van der Waals surface area contributed by atoms with E-state index >= 15 is 0 Å². The van der Waals surface area contributed by atoms with Crippen molar-refractivity contribution in [1.82, 2.24) is 20.5 Å². The van der Waals surface area contributed by atoms with Gasteiger partial charge in [0.25, 0.3) is 5.91 Å². The van der Waals surface area contributed by atoms with Crippen LogP contribution in [-0.4, -0.2) is 27.2 Å². The third kappa shape index (κ3) is 3.81. The first kappa shape index (κ1) is 15.0. The minimum absolute atomic E-state index is 0.0738. The second-order valence-corrected chi connectivity index (χ2v) is 5.14. The first-order chi connectivity index (χ1) is 9.97. The molecule has 1 aromatic carbocycles. The molecule has 1 amide bonds. The highest BCUT2D eigenvalue weighted by Crippen LogP contribution is 2.25. The Balaban J connectivity index is 2.13. The maximum atomic E-state index is 12.1. The van der Waals surface area contributed by atoms with Crippen LogP contribution in [0, 0.1) is 6.92 Å². The van der Waals surface area contributed by atoms with Gasteiger partial charge in [0.05, 0.1) is 12.1 Å². The van der Waals surface area contributed by atoms with Gasteiger partial charge in [-0.3, -0.25) is 9.89 Å². The summed E-state index contributed by atoms with van der Waals surface area (Å²) in [4.78, 5) is 16.1. The van der Waals surface area contributed by atoms with Crippen molar-refractivity contribution in [2.45, 2.75) is 39.8 Å². The molecule has 2 aromatic rings. The molecule has 1 unspecified atom stereocenters. The van der Waals surface area contributed by atoms with E-state index in [2.05, 4.69) is 20.5 Å². The van der Waals surface area contributed by atoms with Crippen molar-refractivity contribution < 1.29 is 9.53 Å². The zero-order chi connectivity index (χ0) is 15.4. The number of aromatic nitrogens is 3. The number of hydrogen-bond donors (Lipinski definition) is 2. The monoisotopic (exact) mass is 288 g/mol. The number of nitrogens with zero attached hydrogens (tertiary/aromatic N) is 2. The Morgan fingerprint density at radius 3 is 2.62 bits per heavy atom. The van der Waals surface area contributed by atoms with E-state index in [1.165, 1.54) is 0 Å². The molecule has 0 saturated heterocycles. The Morgan fingerprint density at radius 1 is 1.29 bits per heavy atom. The molecular formula is C15H20N4O2. The highest BCUT2D eigenvalue weighted by atomic mass is 16.5. The van der Waals surface area contributed by atoms with Gasteiger partial charge in [0, 0.05) is 5.56 Å². The Hall–Kier alpha value is -2.37. The van der Waals surface area contributed by atoms with Gasteiger partial charge in [0.15, 0.2) is 0 Å². The Morgan fingerprint density at radius 2 is 2.00 bits per heavy atom. The molecule has 0 saturated carbocycles. The summed E-state index contributed by atoms with van der Waals surface area (Å²) in [5, 5.41) is 9.38. The van der Waals surface area contributed by atoms with Gasteiger partial charge in [-0.05, 0) is 33.8 Å². The number of benzene rings is 1. The van der Waals surface area contributed by atoms with E-state index in [4.69, 9.17) is 4.74 Å². The van der Waals surface area contributed by atoms with Crippen molar-refractivity contribution in [3.05, 3.63) is 41.5 Å². The van der Waals surface area contributed by atoms with Gasteiger partial charge < -0.3 is 10.1 Å². The fraction of sp³-hybridized carbons (Fsp3) is 0.400. The molecule has 21 heavy (non-hydrogen) atoms. The molecule has 1 heterocycles. The summed E-state index contributed by atoms with van der Waals surface area (Å²) in [5.74, 6) is 1.20. The second kappa shape index (κ2) is 6.39. The number of carbonyl (C=O) groups excluding carboxylic acids is 1. The number of carbonyl (C=O) groups is 1. The van der Waals surface area contributed by atoms with Gasteiger partial charge in [-0.15, -0.1) is 5.10 Å². The lowest BCUT2D eigenvalue weighted by atomic mass is 10.1. The molecular weight excluding hydrogens is 268 g/mol. The zero-order valence-corrected chi connectivity index (χ0v) is 12.7. The standard InChI is InChI=1S/C15H20N4O2/c1-9(2)21-13-8-6-5-7-12(13)10(3)16-15(20)14-17-11(4)18-19-14/h5-10H,1-4H3,(H,16,20)(H,17,18,19). The van der Waals surface area contributed by atoms with Crippen LogP contribution in [0.4, 0.5) is 0 Å². The number of rotatable bonds is 5. The number of amides is 1. The molecule has 0 bridgehead atoms. The van der Waals surface area contributed by atoms with Crippen molar-refractivity contribution in [2.75, 3.05) is 0 Å². The Kier molecular flexibility index (Phi) is 4.57. The molecule has 0 spiro atoms.